The summed E-state index contributed by atoms with van der Waals surface area (Å²) in [5, 5.41) is 6.29. The Labute approximate surface area is 141 Å². The lowest BCUT2D eigenvalue weighted by atomic mass is 10.3. The first-order chi connectivity index (χ1) is 12.0. The molecule has 128 valence electrons. The molecule has 9 heteroatoms. The summed E-state index contributed by atoms with van der Waals surface area (Å²) in [7, 11) is 0. The highest BCUT2D eigenvalue weighted by Gasteiger charge is 2.11. The molecule has 0 spiro atoms. The number of rotatable bonds is 5. The summed E-state index contributed by atoms with van der Waals surface area (Å²) in [6, 6.07) is 6.02. The minimum atomic E-state index is -0.742. The van der Waals surface area contributed by atoms with Gasteiger partial charge in [0.15, 0.2) is 12.4 Å². The van der Waals surface area contributed by atoms with E-state index in [0.717, 1.165) is 18.2 Å². The lowest BCUT2D eigenvalue weighted by molar-refractivity contribution is -0.118. The summed E-state index contributed by atoms with van der Waals surface area (Å²) in [5.41, 5.74) is -0.260. The maximum Gasteiger partial charge on any atom is 0.262 e. The fourth-order valence-electron chi connectivity index (χ4n) is 2.04. The zero-order valence-corrected chi connectivity index (χ0v) is 13.1. The van der Waals surface area contributed by atoms with E-state index in [1.54, 1.807) is 25.4 Å². The highest BCUT2D eigenvalue weighted by atomic mass is 19.1. The standard InChI is InChI=1S/C16H13F2N5O2/c1-10-20-14(23-6-2-5-19-23)8-16(21-10)25-9-15(24)22-13-7-11(17)3-4-12(13)18/h2-8H,9H2,1H3,(H,22,24). The van der Waals surface area contributed by atoms with E-state index in [9.17, 15) is 13.6 Å². The van der Waals surface area contributed by atoms with Crippen molar-refractivity contribution in [1.29, 1.82) is 0 Å². The van der Waals surface area contributed by atoms with Crippen LogP contribution in [0.4, 0.5) is 14.5 Å². The molecule has 7 nitrogen and oxygen atoms in total. The third-order valence-corrected chi connectivity index (χ3v) is 3.09. The predicted molar refractivity (Wildman–Crippen MR) is 84.4 cm³/mol. The van der Waals surface area contributed by atoms with E-state index in [0.29, 0.717) is 11.6 Å². The van der Waals surface area contributed by atoms with Gasteiger partial charge in [-0.1, -0.05) is 0 Å². The summed E-state index contributed by atoms with van der Waals surface area (Å²) in [4.78, 5) is 20.1. The average molecular weight is 345 g/mol. The Balaban J connectivity index is 1.67. The summed E-state index contributed by atoms with van der Waals surface area (Å²) < 4.78 is 33.4. The molecule has 2 heterocycles. The molecule has 0 aliphatic heterocycles. The van der Waals surface area contributed by atoms with Gasteiger partial charge in [0.2, 0.25) is 5.88 Å². The van der Waals surface area contributed by atoms with E-state index in [-0.39, 0.29) is 11.6 Å². The lowest BCUT2D eigenvalue weighted by Gasteiger charge is -2.09. The van der Waals surface area contributed by atoms with Gasteiger partial charge < -0.3 is 10.1 Å². The SMILES string of the molecule is Cc1nc(OCC(=O)Nc2cc(F)ccc2F)cc(-n2cccn2)n1. The second-order valence-corrected chi connectivity index (χ2v) is 5.02. The van der Waals surface area contributed by atoms with Crippen LogP contribution in [-0.2, 0) is 4.79 Å². The van der Waals surface area contributed by atoms with Gasteiger partial charge in [-0.25, -0.2) is 18.4 Å². The van der Waals surface area contributed by atoms with E-state index < -0.39 is 24.1 Å². The number of hydrogen-bond donors (Lipinski definition) is 1. The lowest BCUT2D eigenvalue weighted by Crippen LogP contribution is -2.21. The number of nitrogens with one attached hydrogen (secondary N) is 1. The molecule has 2 aromatic heterocycles. The molecule has 0 fully saturated rings. The number of carbonyl (C=O) groups excluding carboxylic acids is 1. The van der Waals surface area contributed by atoms with Gasteiger partial charge in [0.25, 0.3) is 5.91 Å². The quantitative estimate of drug-likeness (QED) is 0.767. The number of benzene rings is 1. The molecule has 0 bridgehead atoms. The van der Waals surface area contributed by atoms with Crippen molar-refractivity contribution in [2.75, 3.05) is 11.9 Å². The summed E-state index contributed by atoms with van der Waals surface area (Å²) in [5.74, 6) is -0.987. The van der Waals surface area contributed by atoms with Crippen LogP contribution in [0.3, 0.4) is 0 Å². The van der Waals surface area contributed by atoms with E-state index in [1.165, 1.54) is 10.7 Å². The Hall–Kier alpha value is -3.36. The van der Waals surface area contributed by atoms with Crippen LogP contribution < -0.4 is 10.1 Å². The first-order valence-electron chi connectivity index (χ1n) is 7.24. The summed E-state index contributed by atoms with van der Waals surface area (Å²) in [6.45, 7) is 1.24. The largest absolute Gasteiger partial charge is 0.467 e. The van der Waals surface area contributed by atoms with Crippen LogP contribution in [0.5, 0.6) is 5.88 Å². The minimum Gasteiger partial charge on any atom is -0.467 e. The fourth-order valence-corrected chi connectivity index (χ4v) is 2.04. The number of aromatic nitrogens is 4. The van der Waals surface area contributed by atoms with E-state index in [1.807, 2.05) is 0 Å². The molecule has 25 heavy (non-hydrogen) atoms. The normalized spacial score (nSPS) is 10.5. The van der Waals surface area contributed by atoms with Crippen LogP contribution in [0, 0.1) is 18.6 Å². The molecule has 1 aromatic carbocycles. The van der Waals surface area contributed by atoms with Crippen molar-refractivity contribution in [2.45, 2.75) is 6.92 Å². The van der Waals surface area contributed by atoms with Crippen LogP contribution in [0.25, 0.3) is 5.82 Å². The number of ether oxygens (including phenoxy) is 1. The molecular formula is C16H13F2N5O2. The third-order valence-electron chi connectivity index (χ3n) is 3.09. The molecular weight excluding hydrogens is 332 g/mol. The first-order valence-corrected chi connectivity index (χ1v) is 7.24. The Morgan fingerprint density at radius 1 is 1.28 bits per heavy atom. The smallest absolute Gasteiger partial charge is 0.262 e. The second kappa shape index (κ2) is 7.04. The van der Waals surface area contributed by atoms with Crippen molar-refractivity contribution in [3.05, 3.63) is 60.2 Å². The van der Waals surface area contributed by atoms with Gasteiger partial charge in [0, 0.05) is 24.5 Å². The molecule has 0 aliphatic rings. The van der Waals surface area contributed by atoms with Gasteiger partial charge in [0.05, 0.1) is 5.69 Å². The molecule has 0 saturated heterocycles. The number of carbonyl (C=O) groups is 1. The van der Waals surface area contributed by atoms with Crippen molar-refractivity contribution in [3.8, 4) is 11.7 Å². The van der Waals surface area contributed by atoms with Crippen molar-refractivity contribution in [1.82, 2.24) is 19.7 Å². The monoisotopic (exact) mass is 345 g/mol. The number of nitrogens with zero attached hydrogens (tertiary/aromatic N) is 4. The number of amides is 1. The number of anilines is 1. The Morgan fingerprint density at radius 3 is 2.88 bits per heavy atom. The Morgan fingerprint density at radius 2 is 2.12 bits per heavy atom. The molecule has 1 amide bonds. The fraction of sp³-hybridized carbons (Fsp3) is 0.125. The second-order valence-electron chi connectivity index (χ2n) is 5.02. The molecule has 3 rings (SSSR count). The average Bonchev–Trinajstić information content (AvgIpc) is 3.10. The van der Waals surface area contributed by atoms with Gasteiger partial charge in [-0.2, -0.15) is 10.1 Å². The number of halogens is 2. The van der Waals surface area contributed by atoms with E-state index >= 15 is 0 Å². The Kier molecular flexibility index (Phi) is 4.64. The molecule has 0 saturated carbocycles. The third kappa shape index (κ3) is 4.14. The molecule has 0 aliphatic carbocycles. The van der Waals surface area contributed by atoms with Gasteiger partial charge >= 0.3 is 0 Å². The zero-order chi connectivity index (χ0) is 17.8. The van der Waals surface area contributed by atoms with Gasteiger partial charge in [-0.3, -0.25) is 4.79 Å². The van der Waals surface area contributed by atoms with Crippen molar-refractivity contribution >= 4 is 11.6 Å². The first kappa shape index (κ1) is 16.5. The minimum absolute atomic E-state index is 0.160. The van der Waals surface area contributed by atoms with Crippen LogP contribution >= 0.6 is 0 Å². The Bertz CT molecular complexity index is 900. The van der Waals surface area contributed by atoms with Gasteiger partial charge in [-0.05, 0) is 25.1 Å². The van der Waals surface area contributed by atoms with E-state index in [4.69, 9.17) is 4.74 Å². The van der Waals surface area contributed by atoms with Crippen LogP contribution in [-0.4, -0.2) is 32.3 Å². The van der Waals surface area contributed by atoms with Crippen molar-refractivity contribution < 1.29 is 18.3 Å². The number of hydrogen-bond acceptors (Lipinski definition) is 5. The van der Waals surface area contributed by atoms with Crippen LogP contribution in [0.1, 0.15) is 5.82 Å². The number of aryl methyl sites for hydroxylation is 1. The van der Waals surface area contributed by atoms with Gasteiger partial charge in [-0.15, -0.1) is 0 Å². The summed E-state index contributed by atoms with van der Waals surface area (Å²) >= 11 is 0. The van der Waals surface area contributed by atoms with E-state index in [2.05, 4.69) is 20.4 Å². The molecule has 0 radical (unpaired) electrons. The maximum absolute atomic E-state index is 13.5. The van der Waals surface area contributed by atoms with Crippen LogP contribution in [0.2, 0.25) is 0 Å². The molecule has 0 unspecified atom stereocenters. The van der Waals surface area contributed by atoms with Crippen molar-refractivity contribution in [2.24, 2.45) is 0 Å². The van der Waals surface area contributed by atoms with Crippen LogP contribution in [0.15, 0.2) is 42.7 Å². The highest BCUT2D eigenvalue weighted by Crippen LogP contribution is 2.16. The summed E-state index contributed by atoms with van der Waals surface area (Å²) in [6.07, 6.45) is 3.30. The molecule has 1 N–H and O–H groups in total. The zero-order valence-electron chi connectivity index (χ0n) is 13.1. The van der Waals surface area contributed by atoms with Crippen molar-refractivity contribution in [3.63, 3.8) is 0 Å². The topological polar surface area (TPSA) is 81.9 Å². The molecule has 0 atom stereocenters. The molecule has 3 aromatic rings. The predicted octanol–water partition coefficient (Wildman–Crippen LogP) is 2.27. The maximum atomic E-state index is 13.5. The highest BCUT2D eigenvalue weighted by molar-refractivity contribution is 5.91. The van der Waals surface area contributed by atoms with Gasteiger partial charge in [0.1, 0.15) is 17.5 Å².